The van der Waals surface area contributed by atoms with Crippen molar-refractivity contribution in [1.82, 2.24) is 5.43 Å². The smallest absolute Gasteiger partial charge is 0.311 e. The first-order valence-corrected chi connectivity index (χ1v) is 8.12. The minimum absolute atomic E-state index is 0.107. The minimum atomic E-state index is -0.554. The molecule has 0 fully saturated rings. The fraction of sp³-hybridized carbons (Fsp3) is 0.0588. The Labute approximate surface area is 155 Å². The number of halogens is 1. The fourth-order valence-electron chi connectivity index (χ4n) is 2.28. The monoisotopic (exact) mass is 417 g/mol. The summed E-state index contributed by atoms with van der Waals surface area (Å²) < 4.78 is 11.3. The van der Waals surface area contributed by atoms with Crippen molar-refractivity contribution in [1.29, 1.82) is 0 Å². The van der Waals surface area contributed by atoms with Gasteiger partial charge in [0, 0.05) is 21.5 Å². The molecule has 2 aromatic carbocycles. The quantitative estimate of drug-likeness (QED) is 0.385. The first-order valence-electron chi connectivity index (χ1n) is 7.33. The van der Waals surface area contributed by atoms with E-state index in [1.807, 2.05) is 12.1 Å². The molecular weight excluding hydrogens is 406 g/mol. The van der Waals surface area contributed by atoms with Gasteiger partial charge in [0.25, 0.3) is 0 Å². The number of furan rings is 1. The van der Waals surface area contributed by atoms with E-state index in [2.05, 4.69) is 26.5 Å². The molecule has 0 atom stereocenters. The Morgan fingerprint density at radius 1 is 1.31 bits per heavy atom. The largest absolute Gasteiger partial charge is 0.490 e. The van der Waals surface area contributed by atoms with Crippen molar-refractivity contribution in [3.8, 4) is 5.75 Å². The Kier molecular flexibility index (Phi) is 4.99. The number of hydrazone groups is 1. The molecule has 0 bridgehead atoms. The number of benzene rings is 2. The molecule has 26 heavy (non-hydrogen) atoms. The lowest BCUT2D eigenvalue weighted by atomic mass is 10.2. The second-order valence-electron chi connectivity index (χ2n) is 5.18. The highest BCUT2D eigenvalue weighted by atomic mass is 79.9. The van der Waals surface area contributed by atoms with E-state index in [0.29, 0.717) is 11.1 Å². The molecular formula is C17H12BrN3O5. The maximum atomic E-state index is 12.1. The number of carbonyl (C=O) groups is 1. The minimum Gasteiger partial charge on any atom is -0.490 e. The van der Waals surface area contributed by atoms with Gasteiger partial charge in [-0.3, -0.25) is 14.9 Å². The average molecular weight is 418 g/mol. The molecule has 1 N–H and O–H groups in total. The van der Waals surface area contributed by atoms with E-state index < -0.39 is 10.8 Å². The first-order chi connectivity index (χ1) is 12.5. The van der Waals surface area contributed by atoms with E-state index in [9.17, 15) is 14.9 Å². The normalized spacial score (nSPS) is 11.0. The number of carbonyl (C=O) groups excluding carboxylic acids is 1. The predicted molar refractivity (Wildman–Crippen MR) is 98.6 cm³/mol. The number of hydrogen-bond donors (Lipinski definition) is 1. The van der Waals surface area contributed by atoms with Gasteiger partial charge in [-0.1, -0.05) is 15.9 Å². The Hall–Kier alpha value is -3.20. The molecule has 0 saturated heterocycles. The molecule has 0 aliphatic heterocycles. The lowest BCUT2D eigenvalue weighted by molar-refractivity contribution is -0.385. The summed E-state index contributed by atoms with van der Waals surface area (Å²) in [6.07, 6.45) is 1.30. The van der Waals surface area contributed by atoms with Gasteiger partial charge in [0.05, 0.1) is 18.2 Å². The molecule has 8 nitrogen and oxygen atoms in total. The van der Waals surface area contributed by atoms with Crippen LogP contribution in [0.5, 0.6) is 5.75 Å². The van der Waals surface area contributed by atoms with Crippen molar-refractivity contribution in [2.45, 2.75) is 0 Å². The van der Waals surface area contributed by atoms with E-state index in [0.717, 1.165) is 9.86 Å². The first kappa shape index (κ1) is 17.6. The van der Waals surface area contributed by atoms with Crippen LogP contribution in [0.3, 0.4) is 0 Å². The Bertz CT molecular complexity index is 1030. The van der Waals surface area contributed by atoms with Crippen LogP contribution in [0.2, 0.25) is 0 Å². The van der Waals surface area contributed by atoms with Crippen molar-refractivity contribution in [2.75, 3.05) is 7.11 Å². The van der Waals surface area contributed by atoms with Gasteiger partial charge in [0.15, 0.2) is 11.5 Å². The zero-order valence-corrected chi connectivity index (χ0v) is 15.0. The topological polar surface area (TPSA) is 107 Å². The molecule has 1 amide bonds. The van der Waals surface area contributed by atoms with Crippen LogP contribution in [0.1, 0.15) is 16.1 Å². The van der Waals surface area contributed by atoms with Crippen molar-refractivity contribution in [3.05, 3.63) is 68.4 Å². The van der Waals surface area contributed by atoms with E-state index >= 15 is 0 Å². The molecule has 132 valence electrons. The third kappa shape index (κ3) is 3.72. The number of amides is 1. The van der Waals surface area contributed by atoms with E-state index in [-0.39, 0.29) is 17.2 Å². The molecule has 9 heteroatoms. The number of fused-ring (bicyclic) bond motifs is 1. The van der Waals surface area contributed by atoms with Crippen LogP contribution in [0.15, 0.2) is 56.5 Å². The third-order valence-electron chi connectivity index (χ3n) is 3.48. The van der Waals surface area contributed by atoms with E-state index in [1.165, 1.54) is 25.5 Å². The summed E-state index contributed by atoms with van der Waals surface area (Å²) in [5.74, 6) is -0.280. The van der Waals surface area contributed by atoms with Crippen LogP contribution in [0, 0.1) is 10.1 Å². The molecule has 0 radical (unpaired) electrons. The molecule has 0 aliphatic rings. The van der Waals surface area contributed by atoms with Crippen LogP contribution >= 0.6 is 15.9 Å². The Balaban J connectivity index is 1.74. The van der Waals surface area contributed by atoms with Crippen LogP contribution in [0.25, 0.3) is 11.0 Å². The summed E-state index contributed by atoms with van der Waals surface area (Å²) in [5.41, 5.74) is 3.15. The Morgan fingerprint density at radius 2 is 2.12 bits per heavy atom. The van der Waals surface area contributed by atoms with Crippen LogP contribution < -0.4 is 10.2 Å². The van der Waals surface area contributed by atoms with Gasteiger partial charge in [0.1, 0.15) is 5.58 Å². The maximum Gasteiger partial charge on any atom is 0.311 e. The van der Waals surface area contributed by atoms with Crippen molar-refractivity contribution < 1.29 is 18.9 Å². The van der Waals surface area contributed by atoms with Gasteiger partial charge < -0.3 is 9.15 Å². The zero-order valence-electron chi connectivity index (χ0n) is 13.4. The van der Waals surface area contributed by atoms with E-state index in [4.69, 9.17) is 9.15 Å². The van der Waals surface area contributed by atoms with Crippen molar-refractivity contribution >= 4 is 44.7 Å². The SMILES string of the molecule is COc1ccc(/C=N/NC(=O)c2cc3cc(Br)ccc3o2)cc1[N+](=O)[O-]. The zero-order chi connectivity index (χ0) is 18.7. The van der Waals surface area contributed by atoms with Gasteiger partial charge >= 0.3 is 11.6 Å². The maximum absolute atomic E-state index is 12.1. The van der Waals surface area contributed by atoms with E-state index in [1.54, 1.807) is 18.2 Å². The summed E-state index contributed by atoms with van der Waals surface area (Å²) in [5, 5.41) is 15.6. The summed E-state index contributed by atoms with van der Waals surface area (Å²) in [7, 11) is 1.35. The van der Waals surface area contributed by atoms with Crippen molar-refractivity contribution in [3.63, 3.8) is 0 Å². The molecule has 1 aromatic heterocycles. The van der Waals surface area contributed by atoms with Crippen LogP contribution in [0.4, 0.5) is 5.69 Å². The summed E-state index contributed by atoms with van der Waals surface area (Å²) >= 11 is 3.35. The molecule has 1 heterocycles. The van der Waals surface area contributed by atoms with Gasteiger partial charge in [-0.2, -0.15) is 5.10 Å². The number of nitrogens with zero attached hydrogens (tertiary/aromatic N) is 2. The third-order valence-corrected chi connectivity index (χ3v) is 3.97. The van der Waals surface area contributed by atoms with Gasteiger partial charge in [-0.25, -0.2) is 5.43 Å². The number of methoxy groups -OCH3 is 1. The Morgan fingerprint density at radius 3 is 2.85 bits per heavy atom. The highest BCUT2D eigenvalue weighted by Crippen LogP contribution is 2.27. The van der Waals surface area contributed by atoms with Gasteiger partial charge in [0.2, 0.25) is 0 Å². The number of rotatable bonds is 5. The molecule has 0 unspecified atom stereocenters. The lowest BCUT2D eigenvalue weighted by Gasteiger charge is -2.01. The van der Waals surface area contributed by atoms with Crippen molar-refractivity contribution in [2.24, 2.45) is 5.10 Å². The predicted octanol–water partition coefficient (Wildman–Crippen LogP) is 3.88. The summed E-state index contributed by atoms with van der Waals surface area (Å²) in [6, 6.07) is 11.3. The number of nitro groups is 1. The summed E-state index contributed by atoms with van der Waals surface area (Å²) in [6.45, 7) is 0. The second kappa shape index (κ2) is 7.36. The highest BCUT2D eigenvalue weighted by Gasteiger charge is 2.15. The fourth-order valence-corrected chi connectivity index (χ4v) is 2.66. The standard InChI is InChI=1S/C17H12BrN3O5/c1-25-15-4-2-10(6-13(15)21(23)24)9-19-20-17(22)16-8-11-7-12(18)3-5-14(11)26-16/h2-9H,1H3,(H,20,22)/b19-9+. The molecule has 0 spiro atoms. The number of nitro benzene ring substituents is 1. The number of nitrogens with one attached hydrogen (secondary N) is 1. The summed E-state index contributed by atoms with van der Waals surface area (Å²) in [4.78, 5) is 22.6. The number of ether oxygens (including phenoxy) is 1. The molecule has 0 saturated carbocycles. The van der Waals surface area contributed by atoms with Crippen LogP contribution in [-0.2, 0) is 0 Å². The highest BCUT2D eigenvalue weighted by molar-refractivity contribution is 9.10. The molecule has 3 rings (SSSR count). The van der Waals surface area contributed by atoms with Crippen LogP contribution in [-0.4, -0.2) is 24.2 Å². The average Bonchev–Trinajstić information content (AvgIpc) is 3.04. The molecule has 3 aromatic rings. The molecule has 0 aliphatic carbocycles. The van der Waals surface area contributed by atoms with Gasteiger partial charge in [-0.05, 0) is 36.4 Å². The lowest BCUT2D eigenvalue weighted by Crippen LogP contribution is -2.16. The van der Waals surface area contributed by atoms with Gasteiger partial charge in [-0.15, -0.1) is 0 Å². The number of hydrogen-bond acceptors (Lipinski definition) is 6. The second-order valence-corrected chi connectivity index (χ2v) is 6.10.